The number of hydrogen-bond donors (Lipinski definition) is 0. The van der Waals surface area contributed by atoms with Crippen molar-refractivity contribution in [2.24, 2.45) is 0 Å². The fourth-order valence-corrected chi connectivity index (χ4v) is 2.50. The van der Waals surface area contributed by atoms with Crippen molar-refractivity contribution in [3.63, 3.8) is 0 Å². The Morgan fingerprint density at radius 3 is 2.70 bits per heavy atom. The molecule has 0 saturated heterocycles. The first-order valence-electron chi connectivity index (χ1n) is 6.10. The lowest BCUT2D eigenvalue weighted by Gasteiger charge is -2.05. The Morgan fingerprint density at radius 1 is 1.15 bits per heavy atom. The quantitative estimate of drug-likeness (QED) is 0.504. The Morgan fingerprint density at radius 2 is 1.95 bits per heavy atom. The van der Waals surface area contributed by atoms with E-state index in [2.05, 4.69) is 15.9 Å². The number of carbonyl (C=O) groups excluding carboxylic acids is 1. The van der Waals surface area contributed by atoms with Crippen molar-refractivity contribution in [2.75, 3.05) is 0 Å². The number of esters is 1. The lowest BCUT2D eigenvalue weighted by molar-refractivity contribution is 0.0702. The largest absolute Gasteiger partial charge is 0.449 e. The van der Waals surface area contributed by atoms with Gasteiger partial charge in [0.1, 0.15) is 11.3 Å². The molecule has 3 rings (SSSR count). The minimum absolute atomic E-state index is 0.193. The summed E-state index contributed by atoms with van der Waals surface area (Å²) in [5.41, 5.74) is 1.75. The third-order valence-electron chi connectivity index (χ3n) is 2.92. The predicted octanol–water partition coefficient (Wildman–Crippen LogP) is 4.72. The molecule has 0 unspecified atom stereocenters. The molecule has 20 heavy (non-hydrogen) atoms. The summed E-state index contributed by atoms with van der Waals surface area (Å²) >= 11 is 3.37. The third-order valence-corrected chi connectivity index (χ3v) is 3.54. The number of carbonyl (C=O) groups is 1. The number of rotatable bonds is 2. The summed E-state index contributed by atoms with van der Waals surface area (Å²) in [6.45, 7) is 1.97. The molecule has 100 valence electrons. The summed E-state index contributed by atoms with van der Waals surface area (Å²) in [6.07, 6.45) is 0. The van der Waals surface area contributed by atoms with Crippen LogP contribution in [0, 0.1) is 6.92 Å². The van der Waals surface area contributed by atoms with Crippen LogP contribution in [0.25, 0.3) is 11.0 Å². The zero-order valence-electron chi connectivity index (χ0n) is 10.7. The average molecular weight is 331 g/mol. The zero-order chi connectivity index (χ0) is 14.1. The molecule has 0 saturated carbocycles. The molecule has 0 radical (unpaired) electrons. The molecule has 1 aromatic heterocycles. The van der Waals surface area contributed by atoms with Gasteiger partial charge in [0.15, 0.2) is 0 Å². The molecule has 3 nitrogen and oxygen atoms in total. The van der Waals surface area contributed by atoms with Crippen LogP contribution >= 0.6 is 15.9 Å². The van der Waals surface area contributed by atoms with Gasteiger partial charge in [-0.3, -0.25) is 0 Å². The maximum absolute atomic E-state index is 12.1. The van der Waals surface area contributed by atoms with Gasteiger partial charge in [0.05, 0.1) is 4.47 Å². The molecule has 0 atom stereocenters. The van der Waals surface area contributed by atoms with Crippen LogP contribution in [0.4, 0.5) is 0 Å². The summed E-state index contributed by atoms with van der Waals surface area (Å²) in [7, 11) is 0. The fraction of sp³-hybridized carbons (Fsp3) is 0.0625. The third kappa shape index (κ3) is 2.47. The van der Waals surface area contributed by atoms with Crippen LogP contribution in [0.1, 0.15) is 16.1 Å². The van der Waals surface area contributed by atoms with Gasteiger partial charge in [-0.2, -0.15) is 0 Å². The highest BCUT2D eigenvalue weighted by Crippen LogP contribution is 2.27. The first-order valence-corrected chi connectivity index (χ1v) is 6.90. The molecule has 0 spiro atoms. The molecule has 2 aromatic carbocycles. The van der Waals surface area contributed by atoms with E-state index in [1.165, 1.54) is 0 Å². The molecule has 0 aliphatic rings. The number of ether oxygens (including phenoxy) is 1. The molecule has 0 fully saturated rings. The summed E-state index contributed by atoms with van der Waals surface area (Å²) in [6, 6.07) is 14.7. The van der Waals surface area contributed by atoms with Crippen molar-refractivity contribution in [2.45, 2.75) is 6.92 Å². The topological polar surface area (TPSA) is 39.4 Å². The number of aryl methyl sites for hydroxylation is 1. The van der Waals surface area contributed by atoms with Crippen LogP contribution in [0.3, 0.4) is 0 Å². The van der Waals surface area contributed by atoms with Gasteiger partial charge in [-0.05, 0) is 52.7 Å². The number of furan rings is 1. The van der Waals surface area contributed by atoms with Crippen LogP contribution in [0.2, 0.25) is 0 Å². The maximum atomic E-state index is 12.1. The number of benzene rings is 2. The summed E-state index contributed by atoms with van der Waals surface area (Å²) < 4.78 is 11.5. The number of halogens is 1. The van der Waals surface area contributed by atoms with Gasteiger partial charge in [-0.1, -0.05) is 24.3 Å². The van der Waals surface area contributed by atoms with Crippen LogP contribution in [0.5, 0.6) is 5.75 Å². The SMILES string of the molecule is Cc1ccc(OC(=O)c2cc3ccccc3o2)c(Br)c1. The summed E-state index contributed by atoms with van der Waals surface area (Å²) in [5, 5.41) is 0.877. The van der Waals surface area contributed by atoms with Gasteiger partial charge in [-0.25, -0.2) is 4.79 Å². The van der Waals surface area contributed by atoms with Crippen LogP contribution in [-0.4, -0.2) is 5.97 Å². The van der Waals surface area contributed by atoms with Crippen LogP contribution in [0.15, 0.2) is 57.4 Å². The van der Waals surface area contributed by atoms with Crippen molar-refractivity contribution in [3.05, 3.63) is 64.3 Å². The lowest BCUT2D eigenvalue weighted by Crippen LogP contribution is -2.07. The maximum Gasteiger partial charge on any atom is 0.379 e. The molecule has 0 aliphatic heterocycles. The normalized spacial score (nSPS) is 10.7. The van der Waals surface area contributed by atoms with E-state index in [0.717, 1.165) is 15.4 Å². The first-order chi connectivity index (χ1) is 9.63. The first kappa shape index (κ1) is 12.9. The van der Waals surface area contributed by atoms with Gasteiger partial charge >= 0.3 is 5.97 Å². The Hall–Kier alpha value is -2.07. The van der Waals surface area contributed by atoms with Crippen molar-refractivity contribution >= 4 is 32.9 Å². The number of fused-ring (bicyclic) bond motifs is 1. The van der Waals surface area contributed by atoms with E-state index in [0.29, 0.717) is 11.3 Å². The van der Waals surface area contributed by atoms with Gasteiger partial charge in [0, 0.05) is 5.39 Å². The molecule has 3 aromatic rings. The van der Waals surface area contributed by atoms with Crippen molar-refractivity contribution in [1.82, 2.24) is 0 Å². The van der Waals surface area contributed by atoms with E-state index in [4.69, 9.17) is 9.15 Å². The van der Waals surface area contributed by atoms with E-state index in [1.54, 1.807) is 12.1 Å². The zero-order valence-corrected chi connectivity index (χ0v) is 12.3. The van der Waals surface area contributed by atoms with E-state index < -0.39 is 5.97 Å². The Bertz CT molecular complexity index is 756. The minimum Gasteiger partial charge on any atom is -0.449 e. The fourth-order valence-electron chi connectivity index (χ4n) is 1.92. The summed E-state index contributed by atoms with van der Waals surface area (Å²) in [4.78, 5) is 12.1. The highest BCUT2D eigenvalue weighted by Gasteiger charge is 2.15. The van der Waals surface area contributed by atoms with Crippen LogP contribution < -0.4 is 4.74 Å². The van der Waals surface area contributed by atoms with E-state index in [-0.39, 0.29) is 5.76 Å². The average Bonchev–Trinajstić information content (AvgIpc) is 2.86. The van der Waals surface area contributed by atoms with Gasteiger partial charge in [0.25, 0.3) is 0 Å². The Labute approximate surface area is 124 Å². The van der Waals surface area contributed by atoms with Gasteiger partial charge in [-0.15, -0.1) is 0 Å². The molecule has 0 amide bonds. The number of para-hydroxylation sites is 1. The van der Waals surface area contributed by atoms with Crippen molar-refractivity contribution in [1.29, 1.82) is 0 Å². The monoisotopic (exact) mass is 330 g/mol. The molecule has 0 N–H and O–H groups in total. The second kappa shape index (κ2) is 5.13. The molecular formula is C16H11BrO3. The molecular weight excluding hydrogens is 320 g/mol. The van der Waals surface area contributed by atoms with Crippen molar-refractivity contribution in [3.8, 4) is 5.75 Å². The second-order valence-electron chi connectivity index (χ2n) is 4.47. The van der Waals surface area contributed by atoms with Gasteiger partial charge < -0.3 is 9.15 Å². The van der Waals surface area contributed by atoms with E-state index >= 15 is 0 Å². The smallest absolute Gasteiger partial charge is 0.379 e. The van der Waals surface area contributed by atoms with Gasteiger partial charge in [0.2, 0.25) is 5.76 Å². The predicted molar refractivity (Wildman–Crippen MR) is 80.1 cm³/mol. The van der Waals surface area contributed by atoms with E-state index in [1.807, 2.05) is 43.3 Å². The highest BCUT2D eigenvalue weighted by molar-refractivity contribution is 9.10. The standard InChI is InChI=1S/C16H11BrO3/c1-10-6-7-14(12(17)8-10)20-16(18)15-9-11-4-2-3-5-13(11)19-15/h2-9H,1H3. The summed E-state index contributed by atoms with van der Waals surface area (Å²) in [5.74, 6) is 0.158. The van der Waals surface area contributed by atoms with Crippen molar-refractivity contribution < 1.29 is 13.9 Å². The lowest BCUT2D eigenvalue weighted by atomic mass is 10.2. The molecule has 1 heterocycles. The Kier molecular flexibility index (Phi) is 3.32. The minimum atomic E-state index is -0.509. The molecule has 0 bridgehead atoms. The second-order valence-corrected chi connectivity index (χ2v) is 5.33. The van der Waals surface area contributed by atoms with E-state index in [9.17, 15) is 4.79 Å². The Balaban J connectivity index is 1.89. The molecule has 0 aliphatic carbocycles. The number of hydrogen-bond acceptors (Lipinski definition) is 3. The molecule has 4 heteroatoms. The highest BCUT2D eigenvalue weighted by atomic mass is 79.9. The van der Waals surface area contributed by atoms with Crippen LogP contribution in [-0.2, 0) is 0 Å².